The number of hydrogen-bond acceptors (Lipinski definition) is 5. The molecule has 0 fully saturated rings. The van der Waals surface area contributed by atoms with Crippen LogP contribution in [-0.2, 0) is 11.2 Å². The second-order valence-corrected chi connectivity index (χ2v) is 4.15. The topological polar surface area (TPSA) is 103 Å². The van der Waals surface area contributed by atoms with Gasteiger partial charge in [-0.15, -0.1) is 13.2 Å². The predicted octanol–water partition coefficient (Wildman–Crippen LogP) is 2.12. The van der Waals surface area contributed by atoms with E-state index in [0.717, 1.165) is 6.20 Å². The van der Waals surface area contributed by atoms with Crippen LogP contribution in [0.4, 0.5) is 18.9 Å². The minimum Gasteiger partial charge on any atom is -0.481 e. The van der Waals surface area contributed by atoms with Crippen molar-refractivity contribution in [3.63, 3.8) is 0 Å². The molecular weight excluding hydrogens is 388 g/mol. The molecule has 0 aliphatic heterocycles. The lowest BCUT2D eigenvalue weighted by Gasteiger charge is -2.11. The van der Waals surface area contributed by atoms with Crippen molar-refractivity contribution >= 4 is 34.2 Å². The van der Waals surface area contributed by atoms with Gasteiger partial charge >= 0.3 is 18.0 Å². The van der Waals surface area contributed by atoms with Crippen LogP contribution >= 0.6 is 22.6 Å². The van der Waals surface area contributed by atoms with Gasteiger partial charge in [0.15, 0.2) is 3.70 Å². The maximum absolute atomic E-state index is 12.2. The summed E-state index contributed by atoms with van der Waals surface area (Å²) in [6.45, 7) is 0. The van der Waals surface area contributed by atoms with Gasteiger partial charge in [-0.1, -0.05) is 0 Å². The maximum Gasteiger partial charge on any atom is 0.573 e. The Morgan fingerprint density at radius 1 is 1.58 bits per heavy atom. The number of rotatable bonds is 4. The van der Waals surface area contributed by atoms with Crippen molar-refractivity contribution in [1.82, 2.24) is 4.98 Å². The quantitative estimate of drug-likeness (QED) is 0.365. The summed E-state index contributed by atoms with van der Waals surface area (Å²) < 4.78 is 39.6. The van der Waals surface area contributed by atoms with Crippen LogP contribution < -0.4 is 4.74 Å². The Balaban J connectivity index is 3.41. The molecule has 1 N–H and O–H groups in total. The van der Waals surface area contributed by atoms with E-state index in [0.29, 0.717) is 0 Å². The van der Waals surface area contributed by atoms with E-state index in [1.165, 1.54) is 22.6 Å². The zero-order valence-corrected chi connectivity index (χ0v) is 10.9. The first-order chi connectivity index (χ1) is 8.61. The minimum atomic E-state index is -5.14. The summed E-state index contributed by atoms with van der Waals surface area (Å²) in [5.74, 6) is -2.55. The van der Waals surface area contributed by atoms with Crippen LogP contribution in [0.25, 0.3) is 0 Å². The standard InChI is InChI=1S/C8H4F3IN2O5/c9-8(10,11)19-6-5(14(17)18)3(1-4(15)16)2-13-7(6)12/h2H,1H2,(H,15,16). The predicted molar refractivity (Wildman–Crippen MR) is 61.6 cm³/mol. The number of halogens is 4. The van der Waals surface area contributed by atoms with Gasteiger partial charge in [-0.25, -0.2) is 4.98 Å². The van der Waals surface area contributed by atoms with Crippen molar-refractivity contribution in [1.29, 1.82) is 0 Å². The number of carbonyl (C=O) groups is 1. The fourth-order valence-corrected chi connectivity index (χ4v) is 1.70. The van der Waals surface area contributed by atoms with Gasteiger partial charge in [0.1, 0.15) is 0 Å². The van der Waals surface area contributed by atoms with Gasteiger partial charge in [-0.3, -0.25) is 14.9 Å². The summed E-state index contributed by atoms with van der Waals surface area (Å²) in [6.07, 6.45) is -5.15. The number of aromatic nitrogens is 1. The number of ether oxygens (including phenoxy) is 1. The van der Waals surface area contributed by atoms with Crippen LogP contribution in [0.5, 0.6) is 5.75 Å². The normalized spacial score (nSPS) is 11.2. The van der Waals surface area contributed by atoms with E-state index in [4.69, 9.17) is 5.11 Å². The average molecular weight is 392 g/mol. The molecule has 11 heteroatoms. The Labute approximate surface area is 116 Å². The van der Waals surface area contributed by atoms with Gasteiger partial charge in [0.2, 0.25) is 5.75 Å². The van der Waals surface area contributed by atoms with E-state index in [1.54, 1.807) is 0 Å². The smallest absolute Gasteiger partial charge is 0.481 e. The number of carboxylic acid groups (broad SMARTS) is 1. The molecular formula is C8H4F3IN2O5. The number of hydrogen-bond donors (Lipinski definition) is 1. The Morgan fingerprint density at radius 2 is 2.16 bits per heavy atom. The van der Waals surface area contributed by atoms with Crippen molar-refractivity contribution in [3.8, 4) is 5.75 Å². The highest BCUT2D eigenvalue weighted by Crippen LogP contribution is 2.37. The molecule has 0 amide bonds. The van der Waals surface area contributed by atoms with E-state index in [2.05, 4.69) is 9.72 Å². The van der Waals surface area contributed by atoms with Crippen molar-refractivity contribution < 1.29 is 32.7 Å². The van der Waals surface area contributed by atoms with Gasteiger partial charge in [0, 0.05) is 6.20 Å². The van der Waals surface area contributed by atoms with Crippen molar-refractivity contribution in [2.45, 2.75) is 12.8 Å². The molecule has 104 valence electrons. The van der Waals surface area contributed by atoms with Gasteiger partial charge < -0.3 is 9.84 Å². The Morgan fingerprint density at radius 3 is 2.58 bits per heavy atom. The van der Waals surface area contributed by atoms with Crippen LogP contribution in [0.1, 0.15) is 5.56 Å². The highest BCUT2D eigenvalue weighted by molar-refractivity contribution is 14.1. The van der Waals surface area contributed by atoms with E-state index in [-0.39, 0.29) is 0 Å². The van der Waals surface area contributed by atoms with Gasteiger partial charge in [0.05, 0.1) is 16.9 Å². The van der Waals surface area contributed by atoms with E-state index >= 15 is 0 Å². The summed E-state index contributed by atoms with van der Waals surface area (Å²) in [5, 5.41) is 19.3. The molecule has 0 saturated heterocycles. The lowest BCUT2D eigenvalue weighted by Crippen LogP contribution is -2.20. The Bertz CT molecular complexity index is 534. The van der Waals surface area contributed by atoms with Gasteiger partial charge in [0.25, 0.3) is 0 Å². The van der Waals surface area contributed by atoms with Crippen molar-refractivity contribution in [2.24, 2.45) is 0 Å². The maximum atomic E-state index is 12.2. The van der Waals surface area contributed by atoms with Crippen LogP contribution in [0, 0.1) is 13.8 Å². The van der Waals surface area contributed by atoms with Gasteiger partial charge in [-0.2, -0.15) is 0 Å². The summed E-state index contributed by atoms with van der Waals surface area (Å²) >= 11 is 1.32. The minimum absolute atomic E-state index is 0.393. The number of carboxylic acids is 1. The first kappa shape index (κ1) is 15.4. The fourth-order valence-electron chi connectivity index (χ4n) is 1.20. The largest absolute Gasteiger partial charge is 0.573 e. The van der Waals surface area contributed by atoms with Crippen LogP contribution in [0.15, 0.2) is 6.20 Å². The number of alkyl halides is 3. The third-order valence-electron chi connectivity index (χ3n) is 1.78. The molecule has 0 saturated carbocycles. The van der Waals surface area contributed by atoms with E-state index in [1.807, 2.05) is 0 Å². The molecule has 1 aromatic heterocycles. The van der Waals surface area contributed by atoms with E-state index < -0.39 is 44.4 Å². The first-order valence-electron chi connectivity index (χ1n) is 4.41. The molecule has 0 radical (unpaired) electrons. The monoisotopic (exact) mass is 392 g/mol. The molecule has 0 aliphatic rings. The second kappa shape index (κ2) is 5.54. The zero-order valence-electron chi connectivity index (χ0n) is 8.77. The molecule has 1 rings (SSSR count). The fraction of sp³-hybridized carbons (Fsp3) is 0.250. The number of nitro groups is 1. The molecule has 0 aliphatic carbocycles. The highest BCUT2D eigenvalue weighted by Gasteiger charge is 2.37. The number of aliphatic carboxylic acids is 1. The number of pyridine rings is 1. The zero-order chi connectivity index (χ0) is 14.8. The average Bonchev–Trinajstić information content (AvgIpc) is 2.19. The van der Waals surface area contributed by atoms with Crippen LogP contribution in [-0.4, -0.2) is 27.3 Å². The SMILES string of the molecule is O=C(O)Cc1cnc(I)c(OC(F)(F)F)c1[N+](=O)[O-]. The van der Waals surface area contributed by atoms with Gasteiger partial charge in [-0.05, 0) is 22.6 Å². The molecule has 0 unspecified atom stereocenters. The molecule has 0 aromatic carbocycles. The molecule has 1 heterocycles. The highest BCUT2D eigenvalue weighted by atomic mass is 127. The van der Waals surface area contributed by atoms with Crippen LogP contribution in [0.3, 0.4) is 0 Å². The molecule has 19 heavy (non-hydrogen) atoms. The summed E-state index contributed by atoms with van der Waals surface area (Å²) in [5.41, 5.74) is -1.53. The molecule has 0 spiro atoms. The first-order valence-corrected chi connectivity index (χ1v) is 5.49. The van der Waals surface area contributed by atoms with Crippen molar-refractivity contribution in [2.75, 3.05) is 0 Å². The third kappa shape index (κ3) is 4.18. The Kier molecular flexibility index (Phi) is 4.49. The summed E-state index contributed by atoms with van der Waals surface area (Å²) in [6, 6.07) is 0. The molecule has 0 atom stereocenters. The molecule has 1 aromatic rings. The lowest BCUT2D eigenvalue weighted by molar-refractivity contribution is -0.389. The van der Waals surface area contributed by atoms with Crippen LogP contribution in [0.2, 0.25) is 0 Å². The van der Waals surface area contributed by atoms with Crippen molar-refractivity contribution in [3.05, 3.63) is 25.6 Å². The second-order valence-electron chi connectivity index (χ2n) is 3.13. The summed E-state index contributed by atoms with van der Waals surface area (Å²) in [7, 11) is 0. The molecule has 0 bridgehead atoms. The number of nitrogens with zero attached hydrogens (tertiary/aromatic N) is 2. The summed E-state index contributed by atoms with van der Waals surface area (Å²) in [4.78, 5) is 23.6. The molecule has 7 nitrogen and oxygen atoms in total. The Hall–Kier alpha value is -1.66. The lowest BCUT2D eigenvalue weighted by atomic mass is 10.1. The third-order valence-corrected chi connectivity index (χ3v) is 2.55. The van der Waals surface area contributed by atoms with E-state index in [9.17, 15) is 28.1 Å².